The third-order valence-corrected chi connectivity index (χ3v) is 3.29. The molecule has 1 amide bonds. The maximum Gasteiger partial charge on any atom is 0.228 e. The third-order valence-electron chi connectivity index (χ3n) is 2.99. The van der Waals surface area contributed by atoms with Crippen molar-refractivity contribution in [2.24, 2.45) is 0 Å². The highest BCUT2D eigenvalue weighted by Crippen LogP contribution is 2.29. The molecule has 17 heavy (non-hydrogen) atoms. The fourth-order valence-electron chi connectivity index (χ4n) is 2.21. The second kappa shape index (κ2) is 4.00. The lowest BCUT2D eigenvalue weighted by Gasteiger charge is -2.17. The lowest BCUT2D eigenvalue weighted by molar-refractivity contribution is -0.117. The lowest BCUT2D eigenvalue weighted by atomic mass is 10.2. The molecule has 1 aliphatic heterocycles. The molecule has 0 N–H and O–H groups in total. The van der Waals surface area contributed by atoms with Crippen LogP contribution in [0.25, 0.3) is 10.9 Å². The van der Waals surface area contributed by atoms with Gasteiger partial charge in [-0.3, -0.25) is 9.78 Å². The first-order chi connectivity index (χ1) is 8.25. The van der Waals surface area contributed by atoms with Crippen LogP contribution < -0.4 is 4.90 Å². The first kappa shape index (κ1) is 10.5. The molecule has 2 aromatic rings. The van der Waals surface area contributed by atoms with Gasteiger partial charge in [0.25, 0.3) is 0 Å². The van der Waals surface area contributed by atoms with Crippen LogP contribution in [0.15, 0.2) is 36.5 Å². The van der Waals surface area contributed by atoms with Gasteiger partial charge in [0.2, 0.25) is 5.91 Å². The van der Waals surface area contributed by atoms with Gasteiger partial charge in [0, 0.05) is 24.5 Å². The molecule has 1 unspecified atom stereocenters. The minimum Gasteiger partial charge on any atom is -0.310 e. The van der Waals surface area contributed by atoms with E-state index < -0.39 is 0 Å². The number of amides is 1. The van der Waals surface area contributed by atoms with Gasteiger partial charge in [-0.2, -0.15) is 0 Å². The molecule has 1 aromatic carbocycles. The van der Waals surface area contributed by atoms with Crippen LogP contribution in [0.2, 0.25) is 0 Å². The molecule has 4 heteroatoms. The molecule has 0 radical (unpaired) electrons. The smallest absolute Gasteiger partial charge is 0.228 e. The number of aromatic nitrogens is 1. The van der Waals surface area contributed by atoms with E-state index in [-0.39, 0.29) is 11.3 Å². The van der Waals surface area contributed by atoms with E-state index in [4.69, 9.17) is 11.6 Å². The first-order valence-electron chi connectivity index (χ1n) is 5.54. The largest absolute Gasteiger partial charge is 0.310 e. The third kappa shape index (κ3) is 1.76. The first-order valence-corrected chi connectivity index (χ1v) is 5.97. The van der Waals surface area contributed by atoms with Gasteiger partial charge in [0.15, 0.2) is 0 Å². The molecule has 2 heterocycles. The molecule has 1 aromatic heterocycles. The maximum atomic E-state index is 11.8. The summed E-state index contributed by atoms with van der Waals surface area (Å²) in [5.74, 6) is 0.0846. The molecule has 0 aliphatic carbocycles. The Morgan fingerprint density at radius 2 is 2.12 bits per heavy atom. The Kier molecular flexibility index (Phi) is 2.48. The average molecular weight is 247 g/mol. The summed E-state index contributed by atoms with van der Waals surface area (Å²) in [6, 6.07) is 9.68. The van der Waals surface area contributed by atoms with Crippen LogP contribution >= 0.6 is 11.6 Å². The van der Waals surface area contributed by atoms with Crippen molar-refractivity contribution in [3.8, 4) is 0 Å². The Bertz CT molecular complexity index is 579. The van der Waals surface area contributed by atoms with Crippen molar-refractivity contribution in [3.05, 3.63) is 36.5 Å². The summed E-state index contributed by atoms with van der Waals surface area (Å²) >= 11 is 6.02. The fraction of sp³-hybridized carbons (Fsp3) is 0.231. The van der Waals surface area contributed by atoms with Crippen LogP contribution in [0.3, 0.4) is 0 Å². The van der Waals surface area contributed by atoms with E-state index in [2.05, 4.69) is 4.98 Å². The van der Waals surface area contributed by atoms with Gasteiger partial charge in [0.1, 0.15) is 0 Å². The van der Waals surface area contributed by atoms with Crippen molar-refractivity contribution in [2.75, 3.05) is 11.4 Å². The van der Waals surface area contributed by atoms with Gasteiger partial charge in [0.05, 0.1) is 16.6 Å². The van der Waals surface area contributed by atoms with E-state index in [1.165, 1.54) is 0 Å². The molecule has 86 valence electrons. The Balaban J connectivity index is 2.14. The van der Waals surface area contributed by atoms with E-state index in [1.54, 1.807) is 11.1 Å². The highest BCUT2D eigenvalue weighted by atomic mass is 35.5. The number of para-hydroxylation sites is 1. The maximum absolute atomic E-state index is 11.8. The van der Waals surface area contributed by atoms with Gasteiger partial charge in [-0.15, -0.1) is 11.6 Å². The Hall–Kier alpha value is -1.61. The van der Waals surface area contributed by atoms with Crippen molar-refractivity contribution >= 4 is 34.1 Å². The molecule has 1 atom stereocenters. The predicted octanol–water partition coefficient (Wildman–Crippen LogP) is 2.58. The predicted molar refractivity (Wildman–Crippen MR) is 68.4 cm³/mol. The highest BCUT2D eigenvalue weighted by Gasteiger charge is 2.29. The summed E-state index contributed by atoms with van der Waals surface area (Å²) < 4.78 is 0. The van der Waals surface area contributed by atoms with Crippen LogP contribution in [-0.4, -0.2) is 22.8 Å². The molecule has 0 spiro atoms. The molecule has 3 nitrogen and oxygen atoms in total. The number of nitrogens with zero attached hydrogens (tertiary/aromatic N) is 2. The fourth-order valence-corrected chi connectivity index (χ4v) is 2.48. The molecule has 1 fully saturated rings. The summed E-state index contributed by atoms with van der Waals surface area (Å²) in [5, 5.41) is 0.906. The van der Waals surface area contributed by atoms with E-state index in [0.717, 1.165) is 16.6 Å². The molecular formula is C13H11ClN2O. The van der Waals surface area contributed by atoms with Crippen LogP contribution in [0.4, 0.5) is 5.69 Å². The van der Waals surface area contributed by atoms with Crippen LogP contribution in [0.1, 0.15) is 6.42 Å². The second-order valence-electron chi connectivity index (χ2n) is 4.15. The number of halogens is 1. The van der Waals surface area contributed by atoms with Gasteiger partial charge < -0.3 is 4.90 Å². The van der Waals surface area contributed by atoms with Gasteiger partial charge in [-0.05, 0) is 12.1 Å². The van der Waals surface area contributed by atoms with Gasteiger partial charge in [-0.25, -0.2) is 0 Å². The van der Waals surface area contributed by atoms with E-state index in [9.17, 15) is 4.79 Å². The number of anilines is 1. The molecule has 1 saturated heterocycles. The number of alkyl halides is 1. The quantitative estimate of drug-likeness (QED) is 0.725. The zero-order valence-corrected chi connectivity index (χ0v) is 9.89. The summed E-state index contributed by atoms with van der Waals surface area (Å²) in [6.07, 6.45) is 2.14. The van der Waals surface area contributed by atoms with Gasteiger partial charge in [-0.1, -0.05) is 18.2 Å². The minimum atomic E-state index is -0.0885. The zero-order valence-electron chi connectivity index (χ0n) is 9.14. The van der Waals surface area contributed by atoms with Crippen molar-refractivity contribution in [3.63, 3.8) is 0 Å². The summed E-state index contributed by atoms with van der Waals surface area (Å²) in [4.78, 5) is 17.9. The van der Waals surface area contributed by atoms with Crippen molar-refractivity contribution in [1.82, 2.24) is 4.98 Å². The number of fused-ring (bicyclic) bond motifs is 1. The number of hydrogen-bond donors (Lipinski definition) is 0. The summed E-state index contributed by atoms with van der Waals surface area (Å²) in [6.45, 7) is 0.578. The monoisotopic (exact) mass is 246 g/mol. The van der Waals surface area contributed by atoms with Crippen LogP contribution in [0, 0.1) is 0 Å². The van der Waals surface area contributed by atoms with E-state index >= 15 is 0 Å². The average Bonchev–Trinajstić information content (AvgIpc) is 2.68. The Morgan fingerprint density at radius 1 is 1.29 bits per heavy atom. The van der Waals surface area contributed by atoms with Crippen molar-refractivity contribution < 1.29 is 4.79 Å². The minimum absolute atomic E-state index is 0.0846. The number of carbonyl (C=O) groups excluding carboxylic acids is 1. The molecular weight excluding hydrogens is 236 g/mol. The SMILES string of the molecule is O=C1CC(Cl)CN1c1ccnc2ccccc12. The molecule has 3 rings (SSSR count). The second-order valence-corrected chi connectivity index (χ2v) is 4.77. The zero-order chi connectivity index (χ0) is 11.8. The number of pyridine rings is 1. The lowest BCUT2D eigenvalue weighted by Crippen LogP contribution is -2.24. The highest BCUT2D eigenvalue weighted by molar-refractivity contribution is 6.24. The Morgan fingerprint density at radius 3 is 2.88 bits per heavy atom. The number of hydrogen-bond acceptors (Lipinski definition) is 2. The van der Waals surface area contributed by atoms with Gasteiger partial charge >= 0.3 is 0 Å². The number of rotatable bonds is 1. The molecule has 0 bridgehead atoms. The van der Waals surface area contributed by atoms with Crippen molar-refractivity contribution in [1.29, 1.82) is 0 Å². The number of benzene rings is 1. The van der Waals surface area contributed by atoms with E-state index in [0.29, 0.717) is 13.0 Å². The normalized spacial score (nSPS) is 20.2. The molecule has 0 saturated carbocycles. The number of carbonyl (C=O) groups is 1. The molecule has 1 aliphatic rings. The topological polar surface area (TPSA) is 33.2 Å². The van der Waals surface area contributed by atoms with Crippen LogP contribution in [-0.2, 0) is 4.79 Å². The van der Waals surface area contributed by atoms with Crippen LogP contribution in [0.5, 0.6) is 0 Å². The van der Waals surface area contributed by atoms with Crippen molar-refractivity contribution in [2.45, 2.75) is 11.8 Å². The standard InChI is InChI=1S/C13H11ClN2O/c14-9-7-13(17)16(8-9)12-5-6-15-11-4-2-1-3-10(11)12/h1-6,9H,7-8H2. The Labute approximate surface area is 104 Å². The summed E-state index contributed by atoms with van der Waals surface area (Å²) in [7, 11) is 0. The van der Waals surface area contributed by atoms with E-state index in [1.807, 2.05) is 30.3 Å². The summed E-state index contributed by atoms with van der Waals surface area (Å²) in [5.41, 5.74) is 1.81.